The Hall–Kier alpha value is -2.12. The van der Waals surface area contributed by atoms with Crippen LogP contribution in [0, 0.1) is 0 Å². The number of quaternary nitrogens is 1. The molecule has 1 aromatic heterocycles. The Morgan fingerprint density at radius 1 is 1.23 bits per heavy atom. The first-order valence-corrected chi connectivity index (χ1v) is 10.2. The normalized spacial score (nSPS) is 12.5. The lowest BCUT2D eigenvalue weighted by Gasteiger charge is -2.23. The van der Waals surface area contributed by atoms with Gasteiger partial charge < -0.3 is 14.8 Å². The van der Waals surface area contributed by atoms with Gasteiger partial charge in [0.25, 0.3) is 5.82 Å². The van der Waals surface area contributed by atoms with Gasteiger partial charge in [0, 0.05) is 12.7 Å². The lowest BCUT2D eigenvalue weighted by molar-refractivity contribution is -0.0510. The van der Waals surface area contributed by atoms with E-state index >= 15 is 0 Å². The first-order valence-electron chi connectivity index (χ1n) is 8.75. The Kier molecular flexibility index (Phi) is 10.0. The largest absolute Gasteiger partial charge is 0.522 e. The molecule has 0 aromatic carbocycles. The zero-order chi connectivity index (χ0) is 23.8. The molecule has 1 aromatic rings. The van der Waals surface area contributed by atoms with E-state index in [1.54, 1.807) is 6.20 Å². The number of nitrogens with one attached hydrogen (secondary N) is 1. The first-order chi connectivity index (χ1) is 13.3. The van der Waals surface area contributed by atoms with Gasteiger partial charge in [0.1, 0.15) is 5.60 Å². The molecule has 0 atom stereocenters. The van der Waals surface area contributed by atoms with E-state index in [2.05, 4.69) is 10.3 Å². The molecule has 30 heavy (non-hydrogen) atoms. The van der Waals surface area contributed by atoms with Crippen LogP contribution in [-0.4, -0.2) is 69.5 Å². The fraction of sp³-hybridized carbons (Fsp3) is 0.647. The van der Waals surface area contributed by atoms with Gasteiger partial charge in [0.15, 0.2) is 0 Å². The second-order valence-electron chi connectivity index (χ2n) is 7.89. The Labute approximate surface area is 174 Å². The number of aromatic nitrogens is 1. The van der Waals surface area contributed by atoms with Gasteiger partial charge >= 0.3 is 21.7 Å². The number of ether oxygens (including phenoxy) is 2. The lowest BCUT2D eigenvalue weighted by atomic mass is 10.2. The third-order valence-corrected chi connectivity index (χ3v) is 3.51. The molecule has 2 N–H and O–H groups in total. The molecule has 0 bridgehead atoms. The minimum atomic E-state index is -5.84. The summed E-state index contributed by atoms with van der Waals surface area (Å²) in [7, 11) is 0.282. The van der Waals surface area contributed by atoms with Crippen molar-refractivity contribution in [1.29, 1.82) is 0 Å². The van der Waals surface area contributed by atoms with Crippen molar-refractivity contribution in [2.24, 2.45) is 0 Å². The van der Waals surface area contributed by atoms with E-state index in [-0.39, 0.29) is 0 Å². The second-order valence-corrected chi connectivity index (χ2v) is 9.30. The maximum atomic E-state index is 11.5. The molecular formula is C17H29F3N3O6S+. The van der Waals surface area contributed by atoms with Crippen molar-refractivity contribution in [2.75, 3.05) is 34.3 Å². The van der Waals surface area contributed by atoms with E-state index in [4.69, 9.17) is 22.4 Å². The highest BCUT2D eigenvalue weighted by Crippen LogP contribution is 2.26. The fourth-order valence-corrected chi connectivity index (χ4v) is 1.76. The van der Waals surface area contributed by atoms with Gasteiger partial charge in [-0.25, -0.2) is 9.78 Å². The summed E-state index contributed by atoms with van der Waals surface area (Å²) < 4.78 is 69.1. The van der Waals surface area contributed by atoms with Gasteiger partial charge in [0.05, 0.1) is 27.7 Å². The number of nitrogens with zero attached hydrogens (tertiary/aromatic N) is 2. The van der Waals surface area contributed by atoms with Crippen LogP contribution in [-0.2, 0) is 14.9 Å². The van der Waals surface area contributed by atoms with Crippen LogP contribution in [0.4, 0.5) is 23.8 Å². The van der Waals surface area contributed by atoms with Gasteiger partial charge in [-0.3, -0.25) is 9.04 Å². The SMILES string of the molecule is CC(C)(C)OC(=O)NCCCOc1cccnc1[N+](C)(C)C.O=S(=O)(O)C(F)(F)F. The molecule has 0 unspecified atom stereocenters. The van der Waals surface area contributed by atoms with Crippen molar-refractivity contribution in [3.8, 4) is 5.75 Å². The van der Waals surface area contributed by atoms with E-state index in [1.165, 1.54) is 0 Å². The van der Waals surface area contributed by atoms with Gasteiger partial charge in [0.2, 0.25) is 5.75 Å². The smallest absolute Gasteiger partial charge is 0.486 e. The van der Waals surface area contributed by atoms with Gasteiger partial charge in [-0.2, -0.15) is 21.6 Å². The van der Waals surface area contributed by atoms with Crippen LogP contribution in [0.25, 0.3) is 0 Å². The molecule has 0 spiro atoms. The molecule has 1 amide bonds. The molecule has 0 aliphatic rings. The van der Waals surface area contributed by atoms with E-state index in [0.717, 1.165) is 11.6 Å². The van der Waals surface area contributed by atoms with E-state index in [0.29, 0.717) is 24.1 Å². The van der Waals surface area contributed by atoms with Gasteiger partial charge in [-0.05, 0) is 39.3 Å². The maximum absolute atomic E-state index is 11.5. The van der Waals surface area contributed by atoms with Gasteiger partial charge in [-0.1, -0.05) is 0 Å². The van der Waals surface area contributed by atoms with Crippen LogP contribution in [0.2, 0.25) is 0 Å². The number of hydrogen-bond acceptors (Lipinski definition) is 6. The Morgan fingerprint density at radius 3 is 2.20 bits per heavy atom. The molecular weight excluding hydrogens is 431 g/mol. The Morgan fingerprint density at radius 2 is 1.77 bits per heavy atom. The van der Waals surface area contributed by atoms with Crippen LogP contribution >= 0.6 is 0 Å². The molecule has 0 aliphatic carbocycles. The molecule has 0 aliphatic heterocycles. The second kappa shape index (κ2) is 10.8. The summed E-state index contributed by atoms with van der Waals surface area (Å²) in [6.07, 6.45) is 2.06. The Bertz CT molecular complexity index is 787. The van der Waals surface area contributed by atoms with Crippen molar-refractivity contribution in [3.63, 3.8) is 0 Å². The molecule has 0 saturated heterocycles. The summed E-state index contributed by atoms with van der Waals surface area (Å²) in [6, 6.07) is 3.76. The van der Waals surface area contributed by atoms with Crippen LogP contribution < -0.4 is 14.5 Å². The van der Waals surface area contributed by atoms with Crippen molar-refractivity contribution < 1.29 is 40.4 Å². The number of amides is 1. The average Bonchev–Trinajstić information content (AvgIpc) is 2.51. The molecule has 0 radical (unpaired) electrons. The summed E-state index contributed by atoms with van der Waals surface area (Å²) in [5.74, 6) is 1.65. The number of alkyl halides is 3. The zero-order valence-corrected chi connectivity index (χ0v) is 18.6. The molecule has 174 valence electrons. The first kappa shape index (κ1) is 27.9. The highest BCUT2D eigenvalue weighted by Gasteiger charge is 2.44. The Balaban J connectivity index is 0.000000890. The highest BCUT2D eigenvalue weighted by molar-refractivity contribution is 7.86. The summed E-state index contributed by atoms with van der Waals surface area (Å²) in [4.78, 5) is 15.9. The number of halogens is 3. The zero-order valence-electron chi connectivity index (χ0n) is 17.8. The standard InChI is InChI=1S/C16H27N3O3.CHF3O3S/c1-16(2,3)22-15(20)18-11-8-12-21-13-9-7-10-17-14(13)19(4,5)6;2-1(3,4)8(5,6)7/h7,9-10H,8,11-12H2,1-6H3;(H,5,6,7)/p+1. The van der Waals surface area contributed by atoms with Crippen LogP contribution in [0.15, 0.2) is 18.3 Å². The topological polar surface area (TPSA) is 115 Å². The summed E-state index contributed by atoms with van der Waals surface area (Å²) in [5, 5.41) is 2.71. The van der Waals surface area contributed by atoms with Crippen LogP contribution in [0.1, 0.15) is 27.2 Å². The monoisotopic (exact) mass is 460 g/mol. The third kappa shape index (κ3) is 11.8. The maximum Gasteiger partial charge on any atom is 0.522 e. The van der Waals surface area contributed by atoms with E-state index in [1.807, 2.05) is 54.0 Å². The molecule has 1 heterocycles. The predicted octanol–water partition coefficient (Wildman–Crippen LogP) is 2.97. The van der Waals surface area contributed by atoms with Crippen molar-refractivity contribution in [2.45, 2.75) is 38.3 Å². The molecule has 9 nitrogen and oxygen atoms in total. The van der Waals surface area contributed by atoms with Crippen LogP contribution in [0.3, 0.4) is 0 Å². The predicted molar refractivity (Wildman–Crippen MR) is 106 cm³/mol. The molecule has 1 rings (SSSR count). The third-order valence-electron chi connectivity index (χ3n) is 2.93. The van der Waals surface area contributed by atoms with Gasteiger partial charge in [-0.15, -0.1) is 0 Å². The number of hydrogen-bond donors (Lipinski definition) is 2. The fourth-order valence-electron chi connectivity index (χ4n) is 1.76. The summed E-state index contributed by atoms with van der Waals surface area (Å²) in [6.45, 7) is 6.53. The number of rotatable bonds is 6. The molecule has 0 saturated carbocycles. The highest BCUT2D eigenvalue weighted by atomic mass is 32.2. The van der Waals surface area contributed by atoms with E-state index in [9.17, 15) is 18.0 Å². The van der Waals surface area contributed by atoms with Crippen LogP contribution in [0.5, 0.6) is 5.75 Å². The number of pyridine rings is 1. The van der Waals surface area contributed by atoms with Crippen molar-refractivity contribution in [1.82, 2.24) is 14.8 Å². The molecule has 13 heteroatoms. The van der Waals surface area contributed by atoms with E-state index < -0.39 is 27.3 Å². The average molecular weight is 460 g/mol. The van der Waals surface area contributed by atoms with Crippen molar-refractivity contribution in [3.05, 3.63) is 18.3 Å². The lowest BCUT2D eigenvalue weighted by Crippen LogP contribution is -2.36. The quantitative estimate of drug-likeness (QED) is 0.290. The minimum Gasteiger partial charge on any atom is -0.486 e. The summed E-state index contributed by atoms with van der Waals surface area (Å²) in [5.41, 5.74) is -6.01. The number of carbonyl (C=O) groups excluding carboxylic acids is 1. The van der Waals surface area contributed by atoms with Crippen molar-refractivity contribution >= 4 is 22.0 Å². The number of alkyl carbamates (subject to hydrolysis) is 1. The molecule has 0 fully saturated rings. The number of carbonyl (C=O) groups is 1. The summed E-state index contributed by atoms with van der Waals surface area (Å²) >= 11 is 0. The minimum absolute atomic E-state index is 0.402.